The highest BCUT2D eigenvalue weighted by Crippen LogP contribution is 1.91. The van der Waals surface area contributed by atoms with E-state index in [1.54, 1.807) is 6.20 Å². The minimum Gasteiger partial charge on any atom is -0.282 e. The van der Waals surface area contributed by atoms with Crippen LogP contribution in [0.25, 0.3) is 0 Å². The molecule has 0 aliphatic carbocycles. The molecule has 0 saturated carbocycles. The van der Waals surface area contributed by atoms with Gasteiger partial charge in [0.15, 0.2) is 0 Å². The average molecular weight is 95.1 g/mol. The third-order valence-corrected chi connectivity index (χ3v) is 0.833. The Morgan fingerprint density at radius 3 is 3.00 bits per heavy atom. The molecule has 1 radical (unpaired) electrons. The van der Waals surface area contributed by atoms with Crippen LogP contribution in [-0.4, -0.2) is 10.2 Å². The first-order chi connectivity index (χ1) is 3.43. The van der Waals surface area contributed by atoms with Gasteiger partial charge >= 0.3 is 0 Å². The second-order valence-electron chi connectivity index (χ2n) is 1.30. The first-order valence-corrected chi connectivity index (χ1v) is 2.22. The SMILES string of the molecule is C[CH]c1ccn[nH]1. The predicted octanol–water partition coefficient (Wildman–Crippen LogP) is 0.982. The number of aromatic amines is 1. The fourth-order valence-electron chi connectivity index (χ4n) is 0.427. The van der Waals surface area contributed by atoms with Crippen molar-refractivity contribution in [2.45, 2.75) is 6.92 Å². The normalized spacial score (nSPS) is 9.29. The standard InChI is InChI=1S/C5H7N2/c1-2-5-3-4-6-7-5/h2-4H,1H3,(H,6,7). The zero-order valence-corrected chi connectivity index (χ0v) is 4.18. The van der Waals surface area contributed by atoms with Crippen molar-refractivity contribution >= 4 is 0 Å². The number of hydrogen-bond acceptors (Lipinski definition) is 1. The Morgan fingerprint density at radius 2 is 2.71 bits per heavy atom. The molecular formula is C5H7N2. The number of rotatable bonds is 1. The van der Waals surface area contributed by atoms with E-state index >= 15 is 0 Å². The van der Waals surface area contributed by atoms with Crippen molar-refractivity contribution in [3.05, 3.63) is 24.4 Å². The lowest BCUT2D eigenvalue weighted by molar-refractivity contribution is 1.05. The summed E-state index contributed by atoms with van der Waals surface area (Å²) in [4.78, 5) is 0. The van der Waals surface area contributed by atoms with E-state index in [0.29, 0.717) is 0 Å². The van der Waals surface area contributed by atoms with Crippen molar-refractivity contribution in [2.75, 3.05) is 0 Å². The third-order valence-electron chi connectivity index (χ3n) is 0.833. The Balaban J connectivity index is 2.76. The maximum Gasteiger partial charge on any atom is 0.0490 e. The van der Waals surface area contributed by atoms with E-state index in [9.17, 15) is 0 Å². The van der Waals surface area contributed by atoms with Crippen LogP contribution in [0.3, 0.4) is 0 Å². The summed E-state index contributed by atoms with van der Waals surface area (Å²) in [5.41, 5.74) is 1.07. The van der Waals surface area contributed by atoms with Gasteiger partial charge in [0.1, 0.15) is 0 Å². The topological polar surface area (TPSA) is 28.7 Å². The maximum absolute atomic E-state index is 3.74. The molecule has 1 N–H and O–H groups in total. The minimum atomic E-state index is 1.07. The Bertz CT molecular complexity index is 121. The summed E-state index contributed by atoms with van der Waals surface area (Å²) >= 11 is 0. The van der Waals surface area contributed by atoms with E-state index in [-0.39, 0.29) is 0 Å². The molecule has 0 amide bonds. The van der Waals surface area contributed by atoms with Gasteiger partial charge in [0.2, 0.25) is 0 Å². The zero-order valence-electron chi connectivity index (χ0n) is 4.18. The Hall–Kier alpha value is -0.790. The molecule has 1 heterocycles. The van der Waals surface area contributed by atoms with E-state index < -0.39 is 0 Å². The van der Waals surface area contributed by atoms with Gasteiger partial charge in [-0.25, -0.2) is 0 Å². The molecule has 7 heavy (non-hydrogen) atoms. The van der Waals surface area contributed by atoms with E-state index in [2.05, 4.69) is 10.2 Å². The van der Waals surface area contributed by atoms with Gasteiger partial charge in [-0.05, 0) is 6.07 Å². The van der Waals surface area contributed by atoms with Crippen molar-refractivity contribution in [1.29, 1.82) is 0 Å². The summed E-state index contributed by atoms with van der Waals surface area (Å²) in [6.07, 6.45) is 3.70. The molecule has 0 unspecified atom stereocenters. The molecule has 37 valence electrons. The molecule has 2 nitrogen and oxygen atoms in total. The highest BCUT2D eigenvalue weighted by Gasteiger charge is 1.82. The van der Waals surface area contributed by atoms with E-state index in [4.69, 9.17) is 0 Å². The van der Waals surface area contributed by atoms with Gasteiger partial charge in [-0.15, -0.1) is 0 Å². The summed E-state index contributed by atoms with van der Waals surface area (Å²) < 4.78 is 0. The number of nitrogens with one attached hydrogen (secondary N) is 1. The lowest BCUT2D eigenvalue weighted by Gasteiger charge is -1.78. The van der Waals surface area contributed by atoms with Crippen LogP contribution in [-0.2, 0) is 0 Å². The van der Waals surface area contributed by atoms with Crippen LogP contribution < -0.4 is 0 Å². The van der Waals surface area contributed by atoms with Gasteiger partial charge in [-0.1, -0.05) is 6.92 Å². The first kappa shape index (κ1) is 4.37. The van der Waals surface area contributed by atoms with Crippen LogP contribution in [0.5, 0.6) is 0 Å². The van der Waals surface area contributed by atoms with Gasteiger partial charge in [0.25, 0.3) is 0 Å². The largest absolute Gasteiger partial charge is 0.282 e. The molecule has 2 heteroatoms. The monoisotopic (exact) mass is 95.1 g/mol. The Labute approximate surface area is 42.6 Å². The van der Waals surface area contributed by atoms with Crippen molar-refractivity contribution in [2.24, 2.45) is 0 Å². The van der Waals surface area contributed by atoms with Crippen LogP contribution in [0, 0.1) is 6.42 Å². The number of H-pyrrole nitrogens is 1. The fraction of sp³-hybridized carbons (Fsp3) is 0.200. The van der Waals surface area contributed by atoms with Gasteiger partial charge in [-0.2, -0.15) is 5.10 Å². The van der Waals surface area contributed by atoms with Crippen LogP contribution in [0.4, 0.5) is 0 Å². The van der Waals surface area contributed by atoms with Crippen molar-refractivity contribution in [3.8, 4) is 0 Å². The smallest absolute Gasteiger partial charge is 0.0490 e. The van der Waals surface area contributed by atoms with E-state index in [1.165, 1.54) is 0 Å². The van der Waals surface area contributed by atoms with Gasteiger partial charge in [0, 0.05) is 18.3 Å². The van der Waals surface area contributed by atoms with Gasteiger partial charge in [0.05, 0.1) is 0 Å². The molecular weight excluding hydrogens is 88.1 g/mol. The maximum atomic E-state index is 3.74. The van der Waals surface area contributed by atoms with Crippen LogP contribution in [0.1, 0.15) is 12.6 Å². The molecule has 1 rings (SSSR count). The number of nitrogens with zero attached hydrogens (tertiary/aromatic N) is 1. The molecule has 0 aliphatic heterocycles. The lowest BCUT2D eigenvalue weighted by atomic mass is 10.4. The predicted molar refractivity (Wildman–Crippen MR) is 27.7 cm³/mol. The molecule has 0 spiro atoms. The molecule has 0 fully saturated rings. The molecule has 0 atom stereocenters. The highest BCUT2D eigenvalue weighted by atomic mass is 15.1. The Kier molecular flexibility index (Phi) is 1.11. The summed E-state index contributed by atoms with van der Waals surface area (Å²) in [5, 5.41) is 6.52. The van der Waals surface area contributed by atoms with Crippen LogP contribution in [0.2, 0.25) is 0 Å². The molecule has 1 aromatic heterocycles. The molecule has 0 bridgehead atoms. The Morgan fingerprint density at radius 1 is 1.86 bits per heavy atom. The minimum absolute atomic E-state index is 1.07. The quantitative estimate of drug-likeness (QED) is 0.553. The van der Waals surface area contributed by atoms with Crippen LogP contribution in [0.15, 0.2) is 12.3 Å². The van der Waals surface area contributed by atoms with Crippen LogP contribution >= 0.6 is 0 Å². The fourth-order valence-corrected chi connectivity index (χ4v) is 0.427. The number of aromatic nitrogens is 2. The van der Waals surface area contributed by atoms with Crippen molar-refractivity contribution < 1.29 is 0 Å². The summed E-state index contributed by atoms with van der Waals surface area (Å²) in [7, 11) is 0. The van der Waals surface area contributed by atoms with Crippen molar-refractivity contribution in [1.82, 2.24) is 10.2 Å². The summed E-state index contributed by atoms with van der Waals surface area (Å²) in [5.74, 6) is 0. The molecule has 1 aromatic rings. The second-order valence-corrected chi connectivity index (χ2v) is 1.30. The average Bonchev–Trinajstić information content (AvgIpc) is 2.14. The van der Waals surface area contributed by atoms with Gasteiger partial charge in [-0.3, -0.25) is 5.10 Å². The molecule has 0 saturated heterocycles. The lowest BCUT2D eigenvalue weighted by Crippen LogP contribution is -1.73. The molecule has 0 aliphatic rings. The second kappa shape index (κ2) is 1.78. The highest BCUT2D eigenvalue weighted by molar-refractivity contribution is 5.06. The van der Waals surface area contributed by atoms with Crippen molar-refractivity contribution in [3.63, 3.8) is 0 Å². The number of hydrogen-bond donors (Lipinski definition) is 1. The van der Waals surface area contributed by atoms with E-state index in [1.807, 2.05) is 19.4 Å². The molecule has 0 aromatic carbocycles. The van der Waals surface area contributed by atoms with E-state index in [0.717, 1.165) is 5.69 Å². The summed E-state index contributed by atoms with van der Waals surface area (Å²) in [6.45, 7) is 1.97. The third kappa shape index (κ3) is 0.796. The zero-order chi connectivity index (χ0) is 5.11. The van der Waals surface area contributed by atoms with Gasteiger partial charge < -0.3 is 0 Å². The first-order valence-electron chi connectivity index (χ1n) is 2.22. The summed E-state index contributed by atoms with van der Waals surface area (Å²) in [6, 6.07) is 1.92.